The molecule has 0 radical (unpaired) electrons. The molecule has 0 bridgehead atoms. The lowest BCUT2D eigenvalue weighted by Crippen LogP contribution is -1.91. The van der Waals surface area contributed by atoms with Gasteiger partial charge in [-0.2, -0.15) is 0 Å². The van der Waals surface area contributed by atoms with Gasteiger partial charge in [-0.1, -0.05) is 63.3 Å². The molecule has 2 heteroatoms. The number of unbranched alkanes of at least 4 members (excludes halogenated alkanes) is 6. The van der Waals surface area contributed by atoms with Crippen LogP contribution in [0.3, 0.4) is 0 Å². The zero-order chi connectivity index (χ0) is 16.8. The zero-order valence-electron chi connectivity index (χ0n) is 14.9. The zero-order valence-corrected chi connectivity index (χ0v) is 15.7. The van der Waals surface area contributed by atoms with Crippen LogP contribution in [0.4, 0.5) is 0 Å². The summed E-state index contributed by atoms with van der Waals surface area (Å²) in [7, 11) is 0. The fourth-order valence-corrected chi connectivity index (χ4v) is 2.21. The van der Waals surface area contributed by atoms with E-state index < -0.39 is 0 Å². The third kappa shape index (κ3) is 21.2. The molecule has 0 saturated carbocycles. The van der Waals surface area contributed by atoms with E-state index in [-0.39, 0.29) is 0 Å². The molecule has 0 N–H and O–H groups in total. The smallest absolute Gasteiger partial charge is 0.0647 e. The van der Waals surface area contributed by atoms with Crippen molar-refractivity contribution in [2.45, 2.75) is 71.1 Å². The Morgan fingerprint density at radius 1 is 0.826 bits per heavy atom. The van der Waals surface area contributed by atoms with Crippen LogP contribution < -0.4 is 0 Å². The van der Waals surface area contributed by atoms with Gasteiger partial charge in [0.15, 0.2) is 0 Å². The van der Waals surface area contributed by atoms with Crippen LogP contribution in [0, 0.1) is 0 Å². The highest BCUT2D eigenvalue weighted by atomic mass is 35.5. The number of halogens is 1. The van der Waals surface area contributed by atoms with E-state index in [9.17, 15) is 0 Å². The first kappa shape index (κ1) is 22.2. The first-order valence-electron chi connectivity index (χ1n) is 9.25. The summed E-state index contributed by atoms with van der Waals surface area (Å²) in [6.07, 6.45) is 25.1. The van der Waals surface area contributed by atoms with Crippen molar-refractivity contribution in [3.8, 4) is 0 Å². The van der Waals surface area contributed by atoms with Gasteiger partial charge in [0.25, 0.3) is 0 Å². The number of rotatable bonds is 16. The Kier molecular flexibility index (Phi) is 20.6. The van der Waals surface area contributed by atoms with E-state index in [1.54, 1.807) is 0 Å². The number of ether oxygens (including phenoxy) is 1. The van der Waals surface area contributed by atoms with Gasteiger partial charge in [-0.15, -0.1) is 17.3 Å². The van der Waals surface area contributed by atoms with Crippen molar-refractivity contribution >= 4 is 11.6 Å². The second-order valence-corrected chi connectivity index (χ2v) is 6.03. The lowest BCUT2D eigenvalue weighted by atomic mass is 10.1. The van der Waals surface area contributed by atoms with E-state index >= 15 is 0 Å². The van der Waals surface area contributed by atoms with Crippen LogP contribution in [-0.4, -0.2) is 19.1 Å². The largest absolute Gasteiger partial charge is 0.377 e. The molecule has 0 fully saturated rings. The molecule has 0 aromatic rings. The summed E-state index contributed by atoms with van der Waals surface area (Å²) >= 11 is 5.56. The minimum absolute atomic E-state index is 0.662. The molecule has 0 spiro atoms. The van der Waals surface area contributed by atoms with Gasteiger partial charge in [0, 0.05) is 5.88 Å². The quantitative estimate of drug-likeness (QED) is 0.127. The summed E-state index contributed by atoms with van der Waals surface area (Å²) in [4.78, 5) is 0. The molecule has 0 atom stereocenters. The molecule has 0 amide bonds. The second-order valence-electron chi connectivity index (χ2n) is 5.65. The number of allylic oxidation sites excluding steroid dienone is 3. The maximum Gasteiger partial charge on any atom is 0.0647 e. The lowest BCUT2D eigenvalue weighted by molar-refractivity contribution is 0.167. The Morgan fingerprint density at radius 2 is 1.57 bits per heavy atom. The van der Waals surface area contributed by atoms with Crippen LogP contribution in [0.5, 0.6) is 0 Å². The lowest BCUT2D eigenvalue weighted by Gasteiger charge is -1.97. The van der Waals surface area contributed by atoms with Crippen molar-refractivity contribution < 1.29 is 4.74 Å². The molecule has 0 rings (SSSR count). The van der Waals surface area contributed by atoms with Gasteiger partial charge >= 0.3 is 0 Å². The Balaban J connectivity index is 3.27. The normalized spacial score (nSPS) is 11.2. The van der Waals surface area contributed by atoms with Crippen LogP contribution >= 0.6 is 11.6 Å². The molecule has 0 aliphatic heterocycles. The number of hydrogen-bond donors (Lipinski definition) is 0. The third-order valence-corrected chi connectivity index (χ3v) is 3.66. The summed E-state index contributed by atoms with van der Waals surface area (Å²) in [6.45, 7) is 3.71. The van der Waals surface area contributed by atoms with Crippen molar-refractivity contribution in [1.29, 1.82) is 0 Å². The standard InChI is InChI=1S/C21H35ClO/c1-2-3-4-5-6-7-8-9-10-11-14-17-20-23-21-18-15-12-13-16-19-22/h9-10,13-15,17H,2-8,11,16,18-21H2,1H3/b10-9-,17-14-. The van der Waals surface area contributed by atoms with Gasteiger partial charge in [0.2, 0.25) is 0 Å². The van der Waals surface area contributed by atoms with Crippen LogP contribution in [0.2, 0.25) is 0 Å². The predicted octanol–water partition coefficient (Wildman–Crippen LogP) is 6.99. The Labute approximate surface area is 149 Å². The second kappa shape index (κ2) is 21.2. The third-order valence-electron chi connectivity index (χ3n) is 3.44. The van der Waals surface area contributed by atoms with Crippen molar-refractivity contribution in [1.82, 2.24) is 0 Å². The predicted molar refractivity (Wildman–Crippen MR) is 104 cm³/mol. The molecule has 23 heavy (non-hydrogen) atoms. The van der Waals surface area contributed by atoms with Gasteiger partial charge in [0.05, 0.1) is 13.2 Å². The number of alkyl halides is 1. The molecule has 0 aromatic heterocycles. The van der Waals surface area contributed by atoms with Gasteiger partial charge in [-0.05, 0) is 44.3 Å². The highest BCUT2D eigenvalue weighted by Crippen LogP contribution is 2.07. The molecule has 0 heterocycles. The molecule has 132 valence electrons. The molecule has 0 aliphatic rings. The van der Waals surface area contributed by atoms with Crippen molar-refractivity contribution in [2.75, 3.05) is 19.1 Å². The maximum absolute atomic E-state index is 5.56. The Bertz CT molecular complexity index is 338. The van der Waals surface area contributed by atoms with Crippen LogP contribution in [0.15, 0.2) is 42.2 Å². The number of hydrogen-bond acceptors (Lipinski definition) is 1. The van der Waals surface area contributed by atoms with Crippen molar-refractivity contribution in [2.24, 2.45) is 0 Å². The summed E-state index contributed by atoms with van der Waals surface area (Å²) < 4.78 is 5.51. The summed E-state index contributed by atoms with van der Waals surface area (Å²) in [6, 6.07) is 0. The summed E-state index contributed by atoms with van der Waals surface area (Å²) in [5.74, 6) is 0.662. The van der Waals surface area contributed by atoms with E-state index in [2.05, 4.69) is 37.0 Å². The van der Waals surface area contributed by atoms with Crippen LogP contribution in [0.25, 0.3) is 0 Å². The minimum Gasteiger partial charge on any atom is -0.377 e. The molecule has 1 nitrogen and oxygen atoms in total. The van der Waals surface area contributed by atoms with Gasteiger partial charge < -0.3 is 4.74 Å². The molecule has 0 aromatic carbocycles. The average Bonchev–Trinajstić information content (AvgIpc) is 2.57. The van der Waals surface area contributed by atoms with E-state index in [0.29, 0.717) is 12.5 Å². The molecule has 0 unspecified atom stereocenters. The van der Waals surface area contributed by atoms with Crippen LogP contribution in [0.1, 0.15) is 71.1 Å². The average molecular weight is 339 g/mol. The topological polar surface area (TPSA) is 9.23 Å². The van der Waals surface area contributed by atoms with E-state index in [1.165, 1.54) is 44.9 Å². The highest BCUT2D eigenvalue weighted by molar-refractivity contribution is 6.17. The van der Waals surface area contributed by atoms with E-state index in [1.807, 2.05) is 12.2 Å². The fraction of sp³-hybridized carbons (Fsp3) is 0.667. The van der Waals surface area contributed by atoms with E-state index in [0.717, 1.165) is 25.9 Å². The van der Waals surface area contributed by atoms with Gasteiger partial charge in [-0.3, -0.25) is 0 Å². The summed E-state index contributed by atoms with van der Waals surface area (Å²) in [5.41, 5.74) is 3.09. The van der Waals surface area contributed by atoms with Crippen molar-refractivity contribution in [3.63, 3.8) is 0 Å². The highest BCUT2D eigenvalue weighted by Gasteiger charge is 1.87. The molecule has 0 aliphatic carbocycles. The van der Waals surface area contributed by atoms with Crippen LogP contribution in [-0.2, 0) is 4.74 Å². The van der Waals surface area contributed by atoms with Gasteiger partial charge in [0.1, 0.15) is 0 Å². The molecule has 0 saturated heterocycles. The Hall–Kier alpha value is -0.750. The minimum atomic E-state index is 0.662. The first-order chi connectivity index (χ1) is 11.4. The molecular weight excluding hydrogens is 304 g/mol. The Morgan fingerprint density at radius 3 is 2.39 bits per heavy atom. The maximum atomic E-state index is 5.56. The fourth-order valence-electron chi connectivity index (χ4n) is 2.10. The van der Waals surface area contributed by atoms with Crippen molar-refractivity contribution in [3.05, 3.63) is 42.2 Å². The first-order valence-corrected chi connectivity index (χ1v) is 9.78. The van der Waals surface area contributed by atoms with Gasteiger partial charge in [-0.25, -0.2) is 0 Å². The summed E-state index contributed by atoms with van der Waals surface area (Å²) in [5, 5.41) is 0. The monoisotopic (exact) mass is 338 g/mol. The molecular formula is C21H35ClO. The SMILES string of the molecule is CCCCCCCC/C=C\C/C=C\COCCC=C=CCCCl. The van der Waals surface area contributed by atoms with E-state index in [4.69, 9.17) is 16.3 Å².